The third kappa shape index (κ3) is 6.27. The zero-order chi connectivity index (χ0) is 22.3. The average Bonchev–Trinajstić information content (AvgIpc) is 3.29. The maximum atomic E-state index is 11.7. The third-order valence-corrected chi connectivity index (χ3v) is 3.50. The fourth-order valence-corrected chi connectivity index (χ4v) is 2.22. The smallest absolute Gasteiger partial charge is 0.328 e. The van der Waals surface area contributed by atoms with Crippen LogP contribution < -0.4 is 16.4 Å². The number of rotatable bonds is 6. The Morgan fingerprint density at radius 1 is 1.27 bits per heavy atom. The van der Waals surface area contributed by atoms with Crippen molar-refractivity contribution in [3.05, 3.63) is 30.2 Å². The fourth-order valence-electron chi connectivity index (χ4n) is 2.22. The van der Waals surface area contributed by atoms with Crippen molar-refractivity contribution in [1.82, 2.24) is 30.7 Å². The van der Waals surface area contributed by atoms with Crippen molar-refractivity contribution in [2.75, 3.05) is 0 Å². The molecule has 30 heavy (non-hydrogen) atoms. The van der Waals surface area contributed by atoms with Crippen LogP contribution in [0.3, 0.4) is 0 Å². The van der Waals surface area contributed by atoms with Gasteiger partial charge in [-0.25, -0.2) is 14.6 Å². The number of imidazole rings is 1. The van der Waals surface area contributed by atoms with E-state index in [-0.39, 0.29) is 24.2 Å². The van der Waals surface area contributed by atoms with E-state index in [1.165, 1.54) is 13.8 Å². The number of fused-ring (bicyclic) bond motifs is 1. The molecule has 2 heterocycles. The lowest BCUT2D eigenvalue weighted by Gasteiger charge is -2.16. The van der Waals surface area contributed by atoms with Crippen molar-refractivity contribution in [3.63, 3.8) is 0 Å². The Balaban J connectivity index is 0.000000735. The highest BCUT2D eigenvalue weighted by Crippen LogP contribution is 2.17. The van der Waals surface area contributed by atoms with Gasteiger partial charge >= 0.3 is 12.0 Å². The van der Waals surface area contributed by atoms with E-state index in [2.05, 4.69) is 36.5 Å². The number of carbonyl (C=O) groups is 3. The lowest BCUT2D eigenvalue weighted by molar-refractivity contribution is -0.141. The van der Waals surface area contributed by atoms with E-state index in [4.69, 9.17) is 9.63 Å². The van der Waals surface area contributed by atoms with Gasteiger partial charge in [0.1, 0.15) is 0 Å². The highest BCUT2D eigenvalue weighted by molar-refractivity contribution is 5.83. The first kappa shape index (κ1) is 22.3. The summed E-state index contributed by atoms with van der Waals surface area (Å²) in [6, 6.07) is 5.20. The molecule has 0 saturated carbocycles. The first-order valence-corrected chi connectivity index (χ1v) is 8.66. The predicted octanol–water partition coefficient (Wildman–Crippen LogP) is -0.262. The number of aliphatic hydroxyl groups is 1. The molecular weight excluding hydrogens is 398 g/mol. The molecule has 2 atom stereocenters. The normalized spacial score (nSPS) is 12.4. The van der Waals surface area contributed by atoms with E-state index in [9.17, 15) is 19.5 Å². The number of hydrogen-bond donors (Lipinski definition) is 6. The topological polar surface area (TPSA) is 209 Å². The van der Waals surface area contributed by atoms with Crippen LogP contribution in [-0.2, 0) is 16.1 Å². The molecule has 0 radical (unpaired) electrons. The molecule has 3 aromatic rings. The molecule has 0 fully saturated rings. The van der Waals surface area contributed by atoms with E-state index < -0.39 is 24.1 Å². The predicted molar refractivity (Wildman–Crippen MR) is 103 cm³/mol. The van der Waals surface area contributed by atoms with Crippen LogP contribution in [-0.4, -0.2) is 60.4 Å². The Morgan fingerprint density at radius 3 is 2.53 bits per heavy atom. The Hall–Kier alpha value is -4.00. The molecule has 0 saturated heterocycles. The molecule has 0 aliphatic rings. The van der Waals surface area contributed by atoms with Crippen LogP contribution in [0.5, 0.6) is 0 Å². The monoisotopic (exact) mass is 419 g/mol. The second-order valence-corrected chi connectivity index (χ2v) is 6.11. The highest BCUT2D eigenvalue weighted by atomic mass is 16.5. The lowest BCUT2D eigenvalue weighted by Crippen LogP contribution is -2.51. The molecule has 7 N–H and O–H groups in total. The highest BCUT2D eigenvalue weighted by Gasteiger charge is 2.25. The number of benzene rings is 1. The standard InChI is InChI=1S/C15H16N6O5.C2H5NO/c1-7(22)11(14(23)24)20-15(25)16-6-10-19-13(21-26-10)12-17-8-4-2-3-5-9(8)18-12;1-2(3)4/h2-5,7,11,22H,6H2,1H3,(H,17,18)(H,23,24)(H2,16,20,25);1H3,(H2,3,4). The fraction of sp³-hybridized carbons (Fsp3) is 0.294. The second-order valence-electron chi connectivity index (χ2n) is 6.11. The number of aliphatic carboxylic acids is 1. The van der Waals surface area contributed by atoms with E-state index in [0.717, 1.165) is 11.0 Å². The van der Waals surface area contributed by atoms with E-state index >= 15 is 0 Å². The quantitative estimate of drug-likeness (QED) is 0.310. The van der Waals surface area contributed by atoms with Crippen molar-refractivity contribution in [2.45, 2.75) is 32.5 Å². The first-order chi connectivity index (χ1) is 14.2. The third-order valence-electron chi connectivity index (χ3n) is 3.50. The van der Waals surface area contributed by atoms with Crippen LogP contribution >= 0.6 is 0 Å². The zero-order valence-corrected chi connectivity index (χ0v) is 16.1. The second kappa shape index (κ2) is 9.97. The number of aromatic amines is 1. The number of carbonyl (C=O) groups excluding carboxylic acids is 2. The molecule has 13 heteroatoms. The number of nitrogens with two attached hydrogens (primary N) is 1. The van der Waals surface area contributed by atoms with Crippen LogP contribution in [0.15, 0.2) is 28.8 Å². The van der Waals surface area contributed by atoms with Crippen LogP contribution in [0.4, 0.5) is 4.79 Å². The zero-order valence-electron chi connectivity index (χ0n) is 16.1. The summed E-state index contributed by atoms with van der Waals surface area (Å²) in [5.41, 5.74) is 6.05. The summed E-state index contributed by atoms with van der Waals surface area (Å²) in [4.78, 5) is 43.4. The molecule has 2 aromatic heterocycles. The molecule has 0 spiro atoms. The lowest BCUT2D eigenvalue weighted by atomic mass is 10.2. The number of nitrogens with one attached hydrogen (secondary N) is 3. The molecule has 2 unspecified atom stereocenters. The summed E-state index contributed by atoms with van der Waals surface area (Å²) in [5, 5.41) is 26.5. The van der Waals surface area contributed by atoms with E-state index in [1.807, 2.05) is 24.3 Å². The van der Waals surface area contributed by atoms with Crippen molar-refractivity contribution in [2.24, 2.45) is 5.73 Å². The summed E-state index contributed by atoms with van der Waals surface area (Å²) in [6.45, 7) is 2.45. The van der Waals surface area contributed by atoms with Crippen LogP contribution in [0.1, 0.15) is 19.7 Å². The number of para-hydroxylation sites is 2. The number of aromatic nitrogens is 4. The number of carboxylic acids is 1. The Kier molecular flexibility index (Phi) is 7.41. The minimum Gasteiger partial charge on any atom is -0.480 e. The number of hydrogen-bond acceptors (Lipinski definition) is 8. The van der Waals surface area contributed by atoms with Gasteiger partial charge in [0, 0.05) is 6.92 Å². The van der Waals surface area contributed by atoms with Gasteiger partial charge in [0.25, 0.3) is 0 Å². The van der Waals surface area contributed by atoms with Crippen molar-refractivity contribution in [1.29, 1.82) is 0 Å². The molecule has 0 aliphatic heterocycles. The van der Waals surface area contributed by atoms with Gasteiger partial charge in [0.15, 0.2) is 11.9 Å². The number of H-pyrrole nitrogens is 1. The Labute approximate surface area is 169 Å². The minimum absolute atomic E-state index is 0.111. The SMILES string of the molecule is CC(N)=O.CC(O)C(NC(=O)NCc1nc(-c2nc3ccccc3[nH]2)no1)C(=O)O. The van der Waals surface area contributed by atoms with Gasteiger partial charge < -0.3 is 36.1 Å². The summed E-state index contributed by atoms with van der Waals surface area (Å²) in [7, 11) is 0. The molecule has 0 bridgehead atoms. The van der Waals surface area contributed by atoms with Gasteiger partial charge in [-0.05, 0) is 19.1 Å². The van der Waals surface area contributed by atoms with Crippen molar-refractivity contribution < 1.29 is 29.1 Å². The van der Waals surface area contributed by atoms with Gasteiger partial charge in [0.2, 0.25) is 17.6 Å². The first-order valence-electron chi connectivity index (χ1n) is 8.66. The maximum Gasteiger partial charge on any atom is 0.328 e. The molecule has 0 aliphatic carbocycles. The number of urea groups is 1. The Bertz CT molecular complexity index is 991. The van der Waals surface area contributed by atoms with E-state index in [1.54, 1.807) is 0 Å². The summed E-state index contributed by atoms with van der Waals surface area (Å²) in [5.74, 6) is -0.920. The molecule has 3 amide bonds. The maximum absolute atomic E-state index is 11.7. The molecule has 160 valence electrons. The van der Waals surface area contributed by atoms with Crippen LogP contribution in [0.25, 0.3) is 22.7 Å². The molecule has 13 nitrogen and oxygen atoms in total. The van der Waals surface area contributed by atoms with Crippen molar-refractivity contribution >= 4 is 28.9 Å². The number of amides is 3. The van der Waals surface area contributed by atoms with Gasteiger partial charge in [-0.3, -0.25) is 4.79 Å². The van der Waals surface area contributed by atoms with Crippen LogP contribution in [0.2, 0.25) is 0 Å². The largest absolute Gasteiger partial charge is 0.480 e. The Morgan fingerprint density at radius 2 is 1.93 bits per heavy atom. The molecule has 1 aromatic carbocycles. The van der Waals surface area contributed by atoms with Gasteiger partial charge in [-0.15, -0.1) is 0 Å². The summed E-state index contributed by atoms with van der Waals surface area (Å²) < 4.78 is 5.04. The number of nitrogens with zero attached hydrogens (tertiary/aromatic N) is 3. The molecular formula is C17H21N7O6. The number of carboxylic acid groups (broad SMARTS) is 1. The summed E-state index contributed by atoms with van der Waals surface area (Å²) >= 11 is 0. The van der Waals surface area contributed by atoms with Gasteiger partial charge in [-0.1, -0.05) is 17.3 Å². The minimum atomic E-state index is -1.43. The number of primary amides is 1. The average molecular weight is 419 g/mol. The van der Waals surface area contributed by atoms with E-state index in [0.29, 0.717) is 5.82 Å². The van der Waals surface area contributed by atoms with Gasteiger partial charge in [0.05, 0.1) is 23.7 Å². The summed E-state index contributed by atoms with van der Waals surface area (Å²) in [6.07, 6.45) is -1.25. The van der Waals surface area contributed by atoms with Crippen molar-refractivity contribution in [3.8, 4) is 11.6 Å². The van der Waals surface area contributed by atoms with Gasteiger partial charge in [-0.2, -0.15) is 4.98 Å². The number of aliphatic hydroxyl groups excluding tert-OH is 1. The van der Waals surface area contributed by atoms with Crippen LogP contribution in [0, 0.1) is 0 Å². The molecule has 3 rings (SSSR count).